The Hall–Kier alpha value is -0.660. The number of hydrogen-bond donors (Lipinski definition) is 0. The highest BCUT2D eigenvalue weighted by Gasteiger charge is 2.24. The second-order valence-electron chi connectivity index (χ2n) is 15.0. The zero-order valence-electron chi connectivity index (χ0n) is 31.8. The van der Waals surface area contributed by atoms with Crippen LogP contribution in [0, 0.1) is 0 Å². The van der Waals surface area contributed by atoms with Crippen molar-refractivity contribution in [3.05, 3.63) is 12.4 Å². The maximum absolute atomic E-state index is 2.72. The lowest BCUT2D eigenvalue weighted by Crippen LogP contribution is -2.39. The van der Waals surface area contributed by atoms with Crippen LogP contribution >= 0.6 is 0 Å². The van der Waals surface area contributed by atoms with E-state index >= 15 is 0 Å². The van der Waals surface area contributed by atoms with Crippen LogP contribution in [0.4, 0.5) is 0 Å². The van der Waals surface area contributed by atoms with Crippen molar-refractivity contribution in [3.8, 4) is 0 Å². The molecule has 1 aliphatic heterocycles. The maximum Gasteiger partial charge on any atom is 0.101 e. The Balaban J connectivity index is 2.17. The summed E-state index contributed by atoms with van der Waals surface area (Å²) in [6.45, 7) is 9.49. The zero-order valence-corrected chi connectivity index (χ0v) is 31.8. The molecule has 0 aliphatic carbocycles. The molecule has 45 heavy (non-hydrogen) atoms. The molecule has 0 bridgehead atoms. The van der Waals surface area contributed by atoms with E-state index < -0.39 is 0 Å². The first-order chi connectivity index (χ1) is 22.3. The Morgan fingerprint density at radius 2 is 0.511 bits per heavy atom. The lowest BCUT2D eigenvalue weighted by Gasteiger charge is -2.33. The van der Waals surface area contributed by atoms with Crippen LogP contribution in [0.3, 0.4) is 0 Å². The van der Waals surface area contributed by atoms with Crippen LogP contribution in [-0.4, -0.2) is 29.1 Å². The van der Waals surface area contributed by atoms with E-state index in [0.29, 0.717) is 6.17 Å². The molecule has 0 radical (unpaired) electrons. The van der Waals surface area contributed by atoms with Crippen LogP contribution in [0.25, 0.3) is 0 Å². The summed E-state index contributed by atoms with van der Waals surface area (Å²) in [5, 5.41) is 0. The van der Waals surface area contributed by atoms with Crippen LogP contribution < -0.4 is 0 Å². The Morgan fingerprint density at radius 3 is 0.778 bits per heavy atom. The fourth-order valence-corrected chi connectivity index (χ4v) is 7.42. The fraction of sp³-hybridized carbons (Fsp3) is 0.953. The topological polar surface area (TPSA) is 6.48 Å². The van der Waals surface area contributed by atoms with Crippen molar-refractivity contribution >= 4 is 0 Å². The third-order valence-corrected chi connectivity index (χ3v) is 10.6. The largest absolute Gasteiger partial charge is 0.356 e. The first kappa shape index (κ1) is 42.4. The van der Waals surface area contributed by atoms with E-state index in [1.54, 1.807) is 0 Å². The second kappa shape index (κ2) is 34.7. The van der Waals surface area contributed by atoms with E-state index in [0.717, 1.165) is 0 Å². The quantitative estimate of drug-likeness (QED) is 0.0630. The van der Waals surface area contributed by atoms with Gasteiger partial charge in [0.25, 0.3) is 0 Å². The molecule has 0 spiro atoms. The molecule has 0 saturated carbocycles. The first-order valence-electron chi connectivity index (χ1n) is 21.5. The highest BCUT2D eigenvalue weighted by Crippen LogP contribution is 2.24. The van der Waals surface area contributed by atoms with Gasteiger partial charge < -0.3 is 9.80 Å². The predicted octanol–water partition coefficient (Wildman–Crippen LogP) is 15.1. The highest BCUT2D eigenvalue weighted by molar-refractivity contribution is 4.97. The molecule has 0 aromatic heterocycles. The lowest BCUT2D eigenvalue weighted by atomic mass is 10.0. The zero-order chi connectivity index (χ0) is 32.3. The van der Waals surface area contributed by atoms with E-state index in [-0.39, 0.29) is 0 Å². The highest BCUT2D eigenvalue weighted by atomic mass is 15.4. The summed E-state index contributed by atoms with van der Waals surface area (Å²) in [6, 6.07) is 0. The molecular formula is C43H86N2. The van der Waals surface area contributed by atoms with Crippen LogP contribution in [0.15, 0.2) is 12.4 Å². The summed E-state index contributed by atoms with van der Waals surface area (Å²) in [6.07, 6.45) is 55.9. The smallest absolute Gasteiger partial charge is 0.101 e. The minimum absolute atomic E-state index is 0.639. The number of unbranched alkanes of at least 4 members (excludes halogenated alkanes) is 31. The van der Waals surface area contributed by atoms with Crippen molar-refractivity contribution in [1.29, 1.82) is 0 Å². The van der Waals surface area contributed by atoms with Gasteiger partial charge >= 0.3 is 0 Å². The molecule has 1 rings (SSSR count). The van der Waals surface area contributed by atoms with Gasteiger partial charge in [0.2, 0.25) is 0 Å². The minimum Gasteiger partial charge on any atom is -0.356 e. The molecule has 0 aromatic rings. The Labute approximate surface area is 286 Å². The number of hydrogen-bond acceptors (Lipinski definition) is 2. The third-order valence-electron chi connectivity index (χ3n) is 10.6. The first-order valence-corrected chi connectivity index (χ1v) is 21.5. The van der Waals surface area contributed by atoms with Gasteiger partial charge in [-0.3, -0.25) is 0 Å². The van der Waals surface area contributed by atoms with E-state index in [9.17, 15) is 0 Å². The van der Waals surface area contributed by atoms with E-state index in [2.05, 4.69) is 43.0 Å². The van der Waals surface area contributed by atoms with Gasteiger partial charge in [-0.2, -0.15) is 0 Å². The van der Waals surface area contributed by atoms with E-state index in [1.165, 1.54) is 238 Å². The van der Waals surface area contributed by atoms with Crippen molar-refractivity contribution in [2.75, 3.05) is 13.1 Å². The molecule has 268 valence electrons. The van der Waals surface area contributed by atoms with Crippen molar-refractivity contribution in [1.82, 2.24) is 9.80 Å². The molecule has 2 nitrogen and oxygen atoms in total. The van der Waals surface area contributed by atoms with E-state index in [1.807, 2.05) is 0 Å². The molecule has 1 aliphatic rings. The van der Waals surface area contributed by atoms with Gasteiger partial charge in [0.05, 0.1) is 0 Å². The summed E-state index contributed by atoms with van der Waals surface area (Å²) in [7, 11) is 0. The van der Waals surface area contributed by atoms with Gasteiger partial charge in [0, 0.05) is 25.5 Å². The summed E-state index contributed by atoms with van der Waals surface area (Å²) in [5.74, 6) is 0. The standard InChI is InChI=1S/C43H86N2/c1-4-7-10-13-16-19-20-21-22-23-24-25-28-31-34-37-40-45-42-41-44(39-36-33-30-27-18-15-12-9-6-3)43(45)38-35-32-29-26-17-14-11-8-5-2/h41-43H,4-40H2,1-3H3. The van der Waals surface area contributed by atoms with E-state index in [4.69, 9.17) is 0 Å². The van der Waals surface area contributed by atoms with Crippen molar-refractivity contribution in [2.24, 2.45) is 0 Å². The van der Waals surface area contributed by atoms with Gasteiger partial charge in [-0.1, -0.05) is 220 Å². The van der Waals surface area contributed by atoms with Gasteiger partial charge in [0.1, 0.15) is 6.17 Å². The van der Waals surface area contributed by atoms with Crippen LogP contribution in [0.1, 0.15) is 245 Å². The van der Waals surface area contributed by atoms with Gasteiger partial charge in [-0.25, -0.2) is 0 Å². The molecule has 2 heteroatoms. The van der Waals surface area contributed by atoms with Crippen molar-refractivity contribution in [2.45, 2.75) is 252 Å². The summed E-state index contributed by atoms with van der Waals surface area (Å²) < 4.78 is 0. The number of rotatable bonds is 37. The summed E-state index contributed by atoms with van der Waals surface area (Å²) >= 11 is 0. The molecule has 0 saturated heterocycles. The predicted molar refractivity (Wildman–Crippen MR) is 205 cm³/mol. The Morgan fingerprint density at radius 1 is 0.289 bits per heavy atom. The Kier molecular flexibility index (Phi) is 32.6. The summed E-state index contributed by atoms with van der Waals surface area (Å²) in [4.78, 5) is 5.45. The Bertz CT molecular complexity index is 586. The molecule has 0 aromatic carbocycles. The normalized spacial score (nSPS) is 14.8. The molecular weight excluding hydrogens is 544 g/mol. The van der Waals surface area contributed by atoms with Crippen LogP contribution in [-0.2, 0) is 0 Å². The number of nitrogens with zero attached hydrogens (tertiary/aromatic N) is 2. The molecule has 1 atom stereocenters. The molecule has 0 fully saturated rings. The SMILES string of the molecule is CCCCCCCCCCCCCCCCCCN1C=CN(CCCCCCCCCCC)C1CCCCCCCCCCC. The van der Waals surface area contributed by atoms with Crippen molar-refractivity contribution < 1.29 is 0 Å². The monoisotopic (exact) mass is 631 g/mol. The average Bonchev–Trinajstić information content (AvgIpc) is 3.43. The molecule has 1 unspecified atom stereocenters. The van der Waals surface area contributed by atoms with Crippen LogP contribution in [0.2, 0.25) is 0 Å². The van der Waals surface area contributed by atoms with Crippen molar-refractivity contribution in [3.63, 3.8) is 0 Å². The second-order valence-corrected chi connectivity index (χ2v) is 15.0. The minimum atomic E-state index is 0.639. The maximum atomic E-state index is 2.72. The van der Waals surface area contributed by atoms with Gasteiger partial charge in [-0.05, 0) is 25.7 Å². The lowest BCUT2D eigenvalue weighted by molar-refractivity contribution is 0.135. The summed E-state index contributed by atoms with van der Waals surface area (Å²) in [5.41, 5.74) is 0. The third kappa shape index (κ3) is 27.0. The molecule has 1 heterocycles. The van der Waals surface area contributed by atoms with Gasteiger partial charge in [0.15, 0.2) is 0 Å². The average molecular weight is 631 g/mol. The fourth-order valence-electron chi connectivity index (χ4n) is 7.42. The van der Waals surface area contributed by atoms with Crippen LogP contribution in [0.5, 0.6) is 0 Å². The molecule has 0 amide bonds. The van der Waals surface area contributed by atoms with Gasteiger partial charge in [-0.15, -0.1) is 0 Å². The molecule has 0 N–H and O–H groups in total.